The Kier molecular flexibility index (Phi) is 5.95. The van der Waals surface area contributed by atoms with E-state index in [1.807, 2.05) is 6.92 Å². The monoisotopic (exact) mass is 256 g/mol. The summed E-state index contributed by atoms with van der Waals surface area (Å²) in [4.78, 5) is 22.2. The standard InChI is InChI=1S/C13H24N2O3/c1-9(12(16)17)8-14-13(18)15-10(2)11-6-4-3-5-7-11/h9-11H,3-8H2,1-2H3,(H,16,17)(H2,14,15,18). The molecule has 2 atom stereocenters. The molecule has 2 amide bonds. The molecule has 0 saturated heterocycles. The van der Waals surface area contributed by atoms with E-state index in [0.717, 1.165) is 0 Å². The Morgan fingerprint density at radius 2 is 1.83 bits per heavy atom. The second kappa shape index (κ2) is 7.24. The normalized spacial score (nSPS) is 19.9. The van der Waals surface area contributed by atoms with Gasteiger partial charge in [-0.3, -0.25) is 4.79 Å². The van der Waals surface area contributed by atoms with Crippen LogP contribution in [0.4, 0.5) is 4.79 Å². The molecule has 5 nitrogen and oxygen atoms in total. The molecule has 0 aromatic carbocycles. The quantitative estimate of drug-likeness (QED) is 0.703. The van der Waals surface area contributed by atoms with Gasteiger partial charge in [0.05, 0.1) is 5.92 Å². The maximum Gasteiger partial charge on any atom is 0.315 e. The summed E-state index contributed by atoms with van der Waals surface area (Å²) < 4.78 is 0. The van der Waals surface area contributed by atoms with Crippen LogP contribution in [0.3, 0.4) is 0 Å². The molecule has 1 fully saturated rings. The lowest BCUT2D eigenvalue weighted by atomic mass is 9.85. The Labute approximate surface area is 108 Å². The van der Waals surface area contributed by atoms with E-state index >= 15 is 0 Å². The van der Waals surface area contributed by atoms with Gasteiger partial charge in [0.15, 0.2) is 0 Å². The van der Waals surface area contributed by atoms with Crippen molar-refractivity contribution in [3.63, 3.8) is 0 Å². The summed E-state index contributed by atoms with van der Waals surface area (Å²) in [5.74, 6) is -0.891. The maximum absolute atomic E-state index is 11.6. The van der Waals surface area contributed by atoms with Gasteiger partial charge in [-0.25, -0.2) is 4.79 Å². The minimum atomic E-state index is -0.893. The third-order valence-corrected chi connectivity index (χ3v) is 3.71. The summed E-state index contributed by atoms with van der Waals surface area (Å²) in [7, 11) is 0. The number of nitrogens with one attached hydrogen (secondary N) is 2. The van der Waals surface area contributed by atoms with Gasteiger partial charge in [-0.15, -0.1) is 0 Å². The number of carbonyl (C=O) groups is 2. The molecular weight excluding hydrogens is 232 g/mol. The molecule has 104 valence electrons. The van der Waals surface area contributed by atoms with Crippen LogP contribution < -0.4 is 10.6 Å². The summed E-state index contributed by atoms with van der Waals surface area (Å²) >= 11 is 0. The number of carboxylic acids is 1. The van der Waals surface area contributed by atoms with E-state index < -0.39 is 11.9 Å². The van der Waals surface area contributed by atoms with Crippen molar-refractivity contribution in [2.45, 2.75) is 52.0 Å². The molecule has 0 spiro atoms. The smallest absolute Gasteiger partial charge is 0.315 e. The zero-order valence-corrected chi connectivity index (χ0v) is 11.2. The predicted molar refractivity (Wildman–Crippen MR) is 69.4 cm³/mol. The number of rotatable bonds is 5. The van der Waals surface area contributed by atoms with Crippen molar-refractivity contribution in [1.82, 2.24) is 10.6 Å². The fourth-order valence-corrected chi connectivity index (χ4v) is 2.34. The van der Waals surface area contributed by atoms with E-state index in [2.05, 4.69) is 10.6 Å². The highest BCUT2D eigenvalue weighted by atomic mass is 16.4. The minimum absolute atomic E-state index is 0.158. The van der Waals surface area contributed by atoms with Crippen molar-refractivity contribution in [3.05, 3.63) is 0 Å². The van der Waals surface area contributed by atoms with Gasteiger partial charge in [0.25, 0.3) is 0 Å². The second-order valence-corrected chi connectivity index (χ2v) is 5.28. The Hall–Kier alpha value is -1.26. The Morgan fingerprint density at radius 1 is 1.22 bits per heavy atom. The van der Waals surface area contributed by atoms with E-state index in [4.69, 9.17) is 5.11 Å². The van der Waals surface area contributed by atoms with Crippen LogP contribution in [0.5, 0.6) is 0 Å². The molecule has 0 radical (unpaired) electrons. The second-order valence-electron chi connectivity index (χ2n) is 5.28. The fraction of sp³-hybridized carbons (Fsp3) is 0.846. The van der Waals surface area contributed by atoms with Gasteiger partial charge >= 0.3 is 12.0 Å². The van der Waals surface area contributed by atoms with Gasteiger partial charge in [0.2, 0.25) is 0 Å². The molecular formula is C13H24N2O3. The highest BCUT2D eigenvalue weighted by molar-refractivity contribution is 5.75. The zero-order valence-electron chi connectivity index (χ0n) is 11.2. The SMILES string of the molecule is CC(CNC(=O)NC(C)C1CCCCC1)C(=O)O. The Balaban J connectivity index is 2.24. The van der Waals surface area contributed by atoms with Crippen molar-refractivity contribution in [1.29, 1.82) is 0 Å². The first-order valence-corrected chi connectivity index (χ1v) is 6.78. The van der Waals surface area contributed by atoms with Crippen LogP contribution in [0.15, 0.2) is 0 Å². The third-order valence-electron chi connectivity index (χ3n) is 3.71. The lowest BCUT2D eigenvalue weighted by Gasteiger charge is -2.28. The van der Waals surface area contributed by atoms with Crippen molar-refractivity contribution in [2.75, 3.05) is 6.54 Å². The molecule has 0 bridgehead atoms. The molecule has 0 heterocycles. The first kappa shape index (κ1) is 14.8. The van der Waals surface area contributed by atoms with E-state index in [0.29, 0.717) is 5.92 Å². The summed E-state index contributed by atoms with van der Waals surface area (Å²) in [5.41, 5.74) is 0. The molecule has 1 aliphatic carbocycles. The molecule has 5 heteroatoms. The van der Waals surface area contributed by atoms with E-state index in [9.17, 15) is 9.59 Å². The topological polar surface area (TPSA) is 78.4 Å². The Bertz CT molecular complexity index is 288. The van der Waals surface area contributed by atoms with Gasteiger partial charge in [-0.2, -0.15) is 0 Å². The zero-order chi connectivity index (χ0) is 13.5. The first-order chi connectivity index (χ1) is 8.50. The van der Waals surface area contributed by atoms with Crippen molar-refractivity contribution in [2.24, 2.45) is 11.8 Å². The number of aliphatic carboxylic acids is 1. The van der Waals surface area contributed by atoms with Crippen molar-refractivity contribution < 1.29 is 14.7 Å². The molecule has 18 heavy (non-hydrogen) atoms. The number of amides is 2. The van der Waals surface area contributed by atoms with Crippen LogP contribution in [-0.2, 0) is 4.79 Å². The molecule has 1 aliphatic rings. The Morgan fingerprint density at radius 3 is 2.39 bits per heavy atom. The lowest BCUT2D eigenvalue weighted by Crippen LogP contribution is -2.46. The summed E-state index contributed by atoms with van der Waals surface area (Å²) in [6.45, 7) is 3.77. The van der Waals surface area contributed by atoms with Gasteiger partial charge in [-0.05, 0) is 25.7 Å². The van der Waals surface area contributed by atoms with Crippen LogP contribution in [0.1, 0.15) is 46.0 Å². The first-order valence-electron chi connectivity index (χ1n) is 6.78. The summed E-state index contributed by atoms with van der Waals surface area (Å²) in [5, 5.41) is 14.2. The van der Waals surface area contributed by atoms with Crippen LogP contribution >= 0.6 is 0 Å². The number of hydrogen-bond donors (Lipinski definition) is 3. The molecule has 0 aromatic rings. The third kappa shape index (κ3) is 4.94. The van der Waals surface area contributed by atoms with Crippen LogP contribution in [-0.4, -0.2) is 29.7 Å². The number of carboxylic acid groups (broad SMARTS) is 1. The van der Waals surface area contributed by atoms with Crippen LogP contribution in [0.25, 0.3) is 0 Å². The predicted octanol–water partition coefficient (Wildman–Crippen LogP) is 1.98. The summed E-state index contributed by atoms with van der Waals surface area (Å²) in [6, 6.07) is -0.105. The largest absolute Gasteiger partial charge is 0.481 e. The number of carbonyl (C=O) groups excluding carboxylic acids is 1. The fourth-order valence-electron chi connectivity index (χ4n) is 2.34. The lowest BCUT2D eigenvalue weighted by molar-refractivity contribution is -0.140. The highest BCUT2D eigenvalue weighted by Gasteiger charge is 2.21. The number of hydrogen-bond acceptors (Lipinski definition) is 2. The number of urea groups is 1. The average Bonchev–Trinajstić information content (AvgIpc) is 2.36. The van der Waals surface area contributed by atoms with Gasteiger partial charge < -0.3 is 15.7 Å². The molecule has 1 saturated carbocycles. The van der Waals surface area contributed by atoms with E-state index in [-0.39, 0.29) is 18.6 Å². The van der Waals surface area contributed by atoms with Crippen LogP contribution in [0.2, 0.25) is 0 Å². The molecule has 2 unspecified atom stereocenters. The van der Waals surface area contributed by atoms with Gasteiger partial charge in [0.1, 0.15) is 0 Å². The average molecular weight is 256 g/mol. The van der Waals surface area contributed by atoms with Crippen LogP contribution in [0, 0.1) is 11.8 Å². The molecule has 0 aromatic heterocycles. The molecule has 0 aliphatic heterocycles. The van der Waals surface area contributed by atoms with Crippen molar-refractivity contribution >= 4 is 12.0 Å². The summed E-state index contributed by atoms with van der Waals surface area (Å²) in [6.07, 6.45) is 6.13. The molecule has 1 rings (SSSR count). The highest BCUT2D eigenvalue weighted by Crippen LogP contribution is 2.26. The van der Waals surface area contributed by atoms with Gasteiger partial charge in [0, 0.05) is 12.6 Å². The van der Waals surface area contributed by atoms with E-state index in [1.165, 1.54) is 32.1 Å². The van der Waals surface area contributed by atoms with Gasteiger partial charge in [-0.1, -0.05) is 26.2 Å². The maximum atomic E-state index is 11.6. The van der Waals surface area contributed by atoms with Crippen molar-refractivity contribution in [3.8, 4) is 0 Å². The minimum Gasteiger partial charge on any atom is -0.481 e. The van der Waals surface area contributed by atoms with E-state index in [1.54, 1.807) is 6.92 Å². The molecule has 3 N–H and O–H groups in total.